The van der Waals surface area contributed by atoms with Crippen LogP contribution in [0.1, 0.15) is 27.9 Å². The van der Waals surface area contributed by atoms with E-state index in [4.69, 9.17) is 14.5 Å². The van der Waals surface area contributed by atoms with Gasteiger partial charge in [0, 0.05) is 11.5 Å². The number of hydrogen-bond donors (Lipinski definition) is 1. The summed E-state index contributed by atoms with van der Waals surface area (Å²) in [6.07, 6.45) is 0. The van der Waals surface area contributed by atoms with Gasteiger partial charge in [0.2, 0.25) is 0 Å². The van der Waals surface area contributed by atoms with Crippen LogP contribution >= 0.6 is 0 Å². The normalized spacial score (nSPS) is 11.0. The first-order valence-corrected chi connectivity index (χ1v) is 10.8. The van der Waals surface area contributed by atoms with Crippen molar-refractivity contribution in [2.24, 2.45) is 0 Å². The second-order valence-corrected chi connectivity index (χ2v) is 8.28. The predicted molar refractivity (Wildman–Crippen MR) is 130 cm³/mol. The number of nitrogens with zero attached hydrogens (tertiary/aromatic N) is 3. The lowest BCUT2D eigenvalue weighted by molar-refractivity contribution is -0.118. The average Bonchev–Trinajstić information content (AvgIpc) is 3.14. The first-order chi connectivity index (χ1) is 15.8. The lowest BCUT2D eigenvalue weighted by Crippen LogP contribution is -2.22. The minimum absolute atomic E-state index is 0.105. The molecule has 0 bridgehead atoms. The van der Waals surface area contributed by atoms with Crippen molar-refractivity contribution in [3.8, 4) is 17.3 Å². The summed E-state index contributed by atoms with van der Waals surface area (Å²) < 4.78 is 12.9. The van der Waals surface area contributed by atoms with Crippen molar-refractivity contribution in [3.05, 3.63) is 70.4 Å². The molecule has 0 aliphatic carbocycles. The molecule has 0 radical (unpaired) electrons. The van der Waals surface area contributed by atoms with Gasteiger partial charge in [-0.2, -0.15) is 9.78 Å². The van der Waals surface area contributed by atoms with Crippen LogP contribution in [-0.4, -0.2) is 34.4 Å². The number of pyridine rings is 1. The van der Waals surface area contributed by atoms with Gasteiger partial charge in [-0.3, -0.25) is 4.79 Å². The van der Waals surface area contributed by atoms with Crippen molar-refractivity contribution in [1.82, 2.24) is 14.8 Å². The van der Waals surface area contributed by atoms with Crippen molar-refractivity contribution < 1.29 is 14.3 Å². The molecule has 0 saturated heterocycles. The predicted octanol–water partition coefficient (Wildman–Crippen LogP) is 4.99. The zero-order valence-corrected chi connectivity index (χ0v) is 19.8. The summed E-state index contributed by atoms with van der Waals surface area (Å²) in [5.74, 6) is 2.25. The van der Waals surface area contributed by atoms with E-state index in [9.17, 15) is 4.79 Å². The highest BCUT2D eigenvalue weighted by Crippen LogP contribution is 2.29. The number of nitrogens with one attached hydrogen (secondary N) is 1. The summed E-state index contributed by atoms with van der Waals surface area (Å²) in [5, 5.41) is 8.47. The van der Waals surface area contributed by atoms with Gasteiger partial charge in [-0.15, -0.1) is 0 Å². The second kappa shape index (κ2) is 8.94. The van der Waals surface area contributed by atoms with Crippen LogP contribution in [0.5, 0.6) is 11.5 Å². The van der Waals surface area contributed by atoms with E-state index in [1.165, 1.54) is 0 Å². The molecule has 0 unspecified atom stereocenters. The molecular weight excluding hydrogens is 416 g/mol. The molecule has 0 aliphatic rings. The number of carbonyl (C=O) groups excluding carboxylic acids is 1. The Balaban J connectivity index is 1.60. The van der Waals surface area contributed by atoms with Gasteiger partial charge in [-0.25, -0.2) is 4.98 Å². The van der Waals surface area contributed by atoms with Gasteiger partial charge in [0.05, 0.1) is 12.8 Å². The van der Waals surface area contributed by atoms with Gasteiger partial charge in [0.25, 0.3) is 5.91 Å². The highest BCUT2D eigenvalue weighted by Gasteiger charge is 2.16. The number of fused-ring (bicyclic) bond motifs is 1. The van der Waals surface area contributed by atoms with E-state index in [2.05, 4.69) is 16.5 Å². The van der Waals surface area contributed by atoms with Gasteiger partial charge in [0.15, 0.2) is 12.4 Å². The molecule has 4 rings (SSSR count). The molecule has 1 amide bonds. The Labute approximate surface area is 193 Å². The fourth-order valence-electron chi connectivity index (χ4n) is 3.88. The van der Waals surface area contributed by atoms with Crippen LogP contribution in [0, 0.1) is 34.6 Å². The van der Waals surface area contributed by atoms with Crippen molar-refractivity contribution in [1.29, 1.82) is 0 Å². The molecule has 0 spiro atoms. The molecule has 1 N–H and O–H groups in total. The summed E-state index contributed by atoms with van der Waals surface area (Å²) in [5.41, 5.74) is 5.79. The van der Waals surface area contributed by atoms with Crippen molar-refractivity contribution >= 4 is 22.6 Å². The molecular formula is C26H28N4O3. The van der Waals surface area contributed by atoms with E-state index in [-0.39, 0.29) is 12.5 Å². The van der Waals surface area contributed by atoms with Crippen LogP contribution in [0.4, 0.5) is 5.82 Å². The molecule has 0 aliphatic heterocycles. The third-order valence-corrected chi connectivity index (χ3v) is 5.65. The molecule has 7 heteroatoms. The fourth-order valence-corrected chi connectivity index (χ4v) is 3.88. The summed E-state index contributed by atoms with van der Waals surface area (Å²) in [7, 11) is 1.62. The molecule has 33 heavy (non-hydrogen) atoms. The molecule has 0 fully saturated rings. The van der Waals surface area contributed by atoms with Gasteiger partial charge < -0.3 is 14.8 Å². The van der Waals surface area contributed by atoms with Crippen molar-refractivity contribution in [2.75, 3.05) is 19.0 Å². The molecule has 170 valence electrons. The lowest BCUT2D eigenvalue weighted by Gasteiger charge is -2.14. The van der Waals surface area contributed by atoms with Crippen LogP contribution in [0.3, 0.4) is 0 Å². The maximum atomic E-state index is 12.7. The number of benzene rings is 2. The number of methoxy groups -OCH3 is 1. The van der Waals surface area contributed by atoms with Crippen LogP contribution in [0.15, 0.2) is 42.5 Å². The van der Waals surface area contributed by atoms with Gasteiger partial charge in [-0.05, 0) is 75.1 Å². The summed E-state index contributed by atoms with van der Waals surface area (Å²) >= 11 is 0. The number of anilines is 1. The minimum Gasteiger partial charge on any atom is -0.494 e. The topological polar surface area (TPSA) is 78.3 Å². The summed E-state index contributed by atoms with van der Waals surface area (Å²) in [6.45, 7) is 9.81. The Hall–Kier alpha value is -3.87. The largest absolute Gasteiger partial charge is 0.494 e. The smallest absolute Gasteiger partial charge is 0.263 e. The Kier molecular flexibility index (Phi) is 6.05. The van der Waals surface area contributed by atoms with E-state index < -0.39 is 0 Å². The first kappa shape index (κ1) is 22.3. The van der Waals surface area contributed by atoms with E-state index in [0.29, 0.717) is 23.1 Å². The molecule has 2 aromatic heterocycles. The third-order valence-electron chi connectivity index (χ3n) is 5.65. The van der Waals surface area contributed by atoms with Gasteiger partial charge in [0.1, 0.15) is 22.8 Å². The molecule has 0 atom stereocenters. The zero-order valence-electron chi connectivity index (χ0n) is 19.8. The van der Waals surface area contributed by atoms with Crippen LogP contribution in [0.2, 0.25) is 0 Å². The average molecular weight is 445 g/mol. The Morgan fingerprint density at radius 1 is 1.00 bits per heavy atom. The second-order valence-electron chi connectivity index (χ2n) is 8.28. The number of ether oxygens (including phenoxy) is 2. The molecule has 2 heterocycles. The Morgan fingerprint density at radius 3 is 2.55 bits per heavy atom. The standard InChI is InChI=1S/C26H28N4O3/c1-15-10-16(2)19(5)22(11-15)33-14-25(31)27-24-13-18(4)29-30(24)23-12-17(3)20-8-7-9-21(32-6)26(20)28-23/h7-13H,14H2,1-6H3,(H,27,31). The summed E-state index contributed by atoms with van der Waals surface area (Å²) in [4.78, 5) is 17.5. The Bertz CT molecular complexity index is 1360. The third kappa shape index (κ3) is 4.53. The van der Waals surface area contributed by atoms with E-state index in [1.807, 2.05) is 71.0 Å². The maximum Gasteiger partial charge on any atom is 0.263 e. The molecule has 0 saturated carbocycles. The van der Waals surface area contributed by atoms with Crippen LogP contribution < -0.4 is 14.8 Å². The van der Waals surface area contributed by atoms with Crippen molar-refractivity contribution in [2.45, 2.75) is 34.6 Å². The number of para-hydroxylation sites is 1. The lowest BCUT2D eigenvalue weighted by atomic mass is 10.1. The van der Waals surface area contributed by atoms with E-state index in [0.717, 1.165) is 38.9 Å². The van der Waals surface area contributed by atoms with E-state index in [1.54, 1.807) is 11.8 Å². The highest BCUT2D eigenvalue weighted by molar-refractivity contribution is 5.92. The minimum atomic E-state index is -0.273. The highest BCUT2D eigenvalue weighted by atomic mass is 16.5. The molecule has 7 nitrogen and oxygen atoms in total. The fraction of sp³-hybridized carbons (Fsp3) is 0.269. The Morgan fingerprint density at radius 2 is 1.79 bits per heavy atom. The van der Waals surface area contributed by atoms with Crippen LogP contribution in [0.25, 0.3) is 16.7 Å². The van der Waals surface area contributed by atoms with Crippen LogP contribution in [-0.2, 0) is 4.79 Å². The number of carbonyl (C=O) groups is 1. The number of aryl methyl sites for hydroxylation is 4. The number of hydrogen-bond acceptors (Lipinski definition) is 5. The monoisotopic (exact) mass is 444 g/mol. The number of aromatic nitrogens is 3. The number of rotatable bonds is 6. The number of amides is 1. The van der Waals surface area contributed by atoms with E-state index >= 15 is 0 Å². The van der Waals surface area contributed by atoms with Crippen molar-refractivity contribution in [3.63, 3.8) is 0 Å². The van der Waals surface area contributed by atoms with Gasteiger partial charge in [-0.1, -0.05) is 18.2 Å². The first-order valence-electron chi connectivity index (χ1n) is 10.8. The van der Waals surface area contributed by atoms with Gasteiger partial charge >= 0.3 is 0 Å². The summed E-state index contributed by atoms with van der Waals surface area (Å²) in [6, 6.07) is 13.6. The quantitative estimate of drug-likeness (QED) is 0.453. The molecule has 2 aromatic carbocycles. The SMILES string of the molecule is COc1cccc2c(C)cc(-n3nc(C)cc3NC(=O)COc3cc(C)cc(C)c3C)nc12. The maximum absolute atomic E-state index is 12.7. The zero-order chi connectivity index (χ0) is 23.7. The molecule has 4 aromatic rings.